The average Bonchev–Trinajstić information content (AvgIpc) is 2.14. The minimum Gasteiger partial charge on any atom is -0.315 e. The summed E-state index contributed by atoms with van der Waals surface area (Å²) in [4.78, 5) is 0. The standard InChI is InChI=1S/C4H11N3/c5-7-4-1-2-6-3-4/h4,6-7H,1-3,5H2/t4-/m0/s1. The molecule has 4 N–H and O–H groups in total. The molecule has 0 radical (unpaired) electrons. The first-order valence-corrected chi connectivity index (χ1v) is 2.60. The molecule has 3 heteroatoms. The van der Waals surface area contributed by atoms with Gasteiger partial charge in [-0.2, -0.15) is 0 Å². The summed E-state index contributed by atoms with van der Waals surface area (Å²) < 4.78 is 0. The zero-order chi connectivity index (χ0) is 5.11. The topological polar surface area (TPSA) is 50.1 Å². The summed E-state index contributed by atoms with van der Waals surface area (Å²) in [5.41, 5.74) is 2.70. The molecule has 0 amide bonds. The zero-order valence-corrected chi connectivity index (χ0v) is 4.28. The zero-order valence-electron chi connectivity index (χ0n) is 4.28. The van der Waals surface area contributed by atoms with Crippen LogP contribution in [0.4, 0.5) is 0 Å². The number of nitrogens with two attached hydrogens (primary N) is 1. The molecule has 0 saturated carbocycles. The highest BCUT2D eigenvalue weighted by molar-refractivity contribution is 4.74. The molecule has 0 aromatic carbocycles. The van der Waals surface area contributed by atoms with Gasteiger partial charge in [-0.15, -0.1) is 0 Å². The molecule has 0 spiro atoms. The molecular formula is C4H11N3. The number of hydrazine groups is 1. The predicted octanol–water partition coefficient (Wildman–Crippen LogP) is -1.19. The summed E-state index contributed by atoms with van der Waals surface area (Å²) in [6, 6.07) is 0.514. The van der Waals surface area contributed by atoms with Gasteiger partial charge in [-0.05, 0) is 13.0 Å². The third-order valence-electron chi connectivity index (χ3n) is 1.30. The van der Waals surface area contributed by atoms with Crippen LogP contribution in [0.3, 0.4) is 0 Å². The fourth-order valence-corrected chi connectivity index (χ4v) is 0.797. The van der Waals surface area contributed by atoms with Crippen molar-refractivity contribution < 1.29 is 0 Å². The van der Waals surface area contributed by atoms with Crippen LogP contribution in [-0.4, -0.2) is 19.1 Å². The van der Waals surface area contributed by atoms with E-state index in [1.54, 1.807) is 0 Å². The van der Waals surface area contributed by atoms with Crippen LogP contribution in [0.1, 0.15) is 6.42 Å². The van der Waals surface area contributed by atoms with Gasteiger partial charge in [-0.1, -0.05) is 0 Å². The maximum atomic E-state index is 5.14. The van der Waals surface area contributed by atoms with Crippen LogP contribution in [0.2, 0.25) is 0 Å². The second kappa shape index (κ2) is 2.26. The van der Waals surface area contributed by atoms with E-state index in [2.05, 4.69) is 10.7 Å². The van der Waals surface area contributed by atoms with E-state index in [1.807, 2.05) is 0 Å². The smallest absolute Gasteiger partial charge is 0.0347 e. The lowest BCUT2D eigenvalue weighted by Crippen LogP contribution is -2.36. The molecule has 1 atom stereocenters. The number of rotatable bonds is 1. The molecule has 7 heavy (non-hydrogen) atoms. The van der Waals surface area contributed by atoms with Crippen LogP contribution in [0.5, 0.6) is 0 Å². The highest BCUT2D eigenvalue weighted by atomic mass is 15.3. The van der Waals surface area contributed by atoms with E-state index in [0.29, 0.717) is 6.04 Å². The minimum absolute atomic E-state index is 0.514. The van der Waals surface area contributed by atoms with E-state index >= 15 is 0 Å². The van der Waals surface area contributed by atoms with E-state index in [0.717, 1.165) is 19.5 Å². The highest BCUT2D eigenvalue weighted by Crippen LogP contribution is 1.92. The third-order valence-corrected chi connectivity index (χ3v) is 1.30. The fourth-order valence-electron chi connectivity index (χ4n) is 0.797. The number of hydrogen-bond acceptors (Lipinski definition) is 3. The molecular weight excluding hydrogens is 90.1 g/mol. The van der Waals surface area contributed by atoms with Gasteiger partial charge in [-0.25, -0.2) is 0 Å². The second-order valence-corrected chi connectivity index (χ2v) is 1.86. The quantitative estimate of drug-likeness (QED) is 0.287. The molecule has 42 valence electrons. The van der Waals surface area contributed by atoms with Crippen molar-refractivity contribution in [1.29, 1.82) is 0 Å². The van der Waals surface area contributed by atoms with Gasteiger partial charge >= 0.3 is 0 Å². The lowest BCUT2D eigenvalue weighted by Gasteiger charge is -2.02. The van der Waals surface area contributed by atoms with Crippen molar-refractivity contribution in [3.63, 3.8) is 0 Å². The van der Waals surface area contributed by atoms with Gasteiger partial charge in [0.1, 0.15) is 0 Å². The molecule has 0 unspecified atom stereocenters. The van der Waals surface area contributed by atoms with Gasteiger partial charge in [0, 0.05) is 12.6 Å². The monoisotopic (exact) mass is 101 g/mol. The largest absolute Gasteiger partial charge is 0.315 e. The van der Waals surface area contributed by atoms with Crippen molar-refractivity contribution in [2.24, 2.45) is 5.84 Å². The first-order chi connectivity index (χ1) is 3.43. The molecule has 0 aliphatic carbocycles. The first kappa shape index (κ1) is 5.03. The maximum Gasteiger partial charge on any atom is 0.0347 e. The van der Waals surface area contributed by atoms with Gasteiger partial charge in [0.15, 0.2) is 0 Å². The van der Waals surface area contributed by atoms with Crippen LogP contribution in [0, 0.1) is 0 Å². The van der Waals surface area contributed by atoms with Crippen molar-refractivity contribution in [2.75, 3.05) is 13.1 Å². The van der Waals surface area contributed by atoms with Crippen molar-refractivity contribution in [3.05, 3.63) is 0 Å². The Morgan fingerprint density at radius 1 is 1.71 bits per heavy atom. The second-order valence-electron chi connectivity index (χ2n) is 1.86. The van der Waals surface area contributed by atoms with E-state index in [-0.39, 0.29) is 0 Å². The Balaban J connectivity index is 2.14. The third kappa shape index (κ3) is 1.12. The summed E-state index contributed by atoms with van der Waals surface area (Å²) in [5.74, 6) is 5.14. The van der Waals surface area contributed by atoms with Crippen molar-refractivity contribution in [2.45, 2.75) is 12.5 Å². The SMILES string of the molecule is NN[C@H]1CCNC1. The summed E-state index contributed by atoms with van der Waals surface area (Å²) in [5, 5.41) is 3.18. The average molecular weight is 101 g/mol. The summed E-state index contributed by atoms with van der Waals surface area (Å²) in [6.45, 7) is 2.13. The van der Waals surface area contributed by atoms with Crippen molar-refractivity contribution in [1.82, 2.24) is 10.7 Å². The van der Waals surface area contributed by atoms with Crippen molar-refractivity contribution >= 4 is 0 Å². The van der Waals surface area contributed by atoms with Gasteiger partial charge in [0.25, 0.3) is 0 Å². The summed E-state index contributed by atoms with van der Waals surface area (Å²) >= 11 is 0. The maximum absolute atomic E-state index is 5.14. The van der Waals surface area contributed by atoms with Gasteiger partial charge in [-0.3, -0.25) is 11.3 Å². The van der Waals surface area contributed by atoms with Crippen LogP contribution in [0.15, 0.2) is 0 Å². The van der Waals surface area contributed by atoms with Crippen LogP contribution in [-0.2, 0) is 0 Å². The molecule has 1 aliphatic rings. The van der Waals surface area contributed by atoms with E-state index in [1.165, 1.54) is 0 Å². The Kier molecular flexibility index (Phi) is 1.62. The summed E-state index contributed by atoms with van der Waals surface area (Å²) in [6.07, 6.45) is 1.16. The van der Waals surface area contributed by atoms with Crippen LogP contribution >= 0.6 is 0 Å². The van der Waals surface area contributed by atoms with Gasteiger partial charge in [0.2, 0.25) is 0 Å². The lowest BCUT2D eigenvalue weighted by molar-refractivity contribution is 0.570. The highest BCUT2D eigenvalue weighted by Gasteiger charge is 2.10. The van der Waals surface area contributed by atoms with Crippen LogP contribution in [0.25, 0.3) is 0 Å². The molecule has 1 saturated heterocycles. The van der Waals surface area contributed by atoms with Gasteiger partial charge in [0.05, 0.1) is 0 Å². The fraction of sp³-hybridized carbons (Fsp3) is 1.00. The molecule has 0 aromatic heterocycles. The number of hydrogen-bond donors (Lipinski definition) is 3. The molecule has 3 nitrogen and oxygen atoms in total. The Morgan fingerprint density at radius 2 is 2.57 bits per heavy atom. The molecule has 1 fully saturated rings. The predicted molar refractivity (Wildman–Crippen MR) is 28.6 cm³/mol. The van der Waals surface area contributed by atoms with Gasteiger partial charge < -0.3 is 5.32 Å². The summed E-state index contributed by atoms with van der Waals surface area (Å²) in [7, 11) is 0. The van der Waals surface area contributed by atoms with Crippen molar-refractivity contribution in [3.8, 4) is 0 Å². The number of nitrogens with one attached hydrogen (secondary N) is 2. The molecule has 0 bridgehead atoms. The van der Waals surface area contributed by atoms with E-state index < -0.39 is 0 Å². The minimum atomic E-state index is 0.514. The Morgan fingerprint density at radius 3 is 2.86 bits per heavy atom. The van der Waals surface area contributed by atoms with Crippen LogP contribution < -0.4 is 16.6 Å². The lowest BCUT2D eigenvalue weighted by atomic mass is 10.3. The molecule has 1 heterocycles. The molecule has 1 aliphatic heterocycles. The van der Waals surface area contributed by atoms with E-state index in [9.17, 15) is 0 Å². The first-order valence-electron chi connectivity index (χ1n) is 2.60. The molecule has 1 rings (SSSR count). The Bertz CT molecular complexity index is 48.9. The normalized spacial score (nSPS) is 31.3. The molecule has 0 aromatic rings. The Labute approximate surface area is 43.2 Å². The van der Waals surface area contributed by atoms with E-state index in [4.69, 9.17) is 5.84 Å². The Hall–Kier alpha value is -0.120.